The van der Waals surface area contributed by atoms with Crippen LogP contribution in [0.2, 0.25) is 0 Å². The van der Waals surface area contributed by atoms with E-state index in [1.165, 1.54) is 6.07 Å². The van der Waals surface area contributed by atoms with Crippen LogP contribution < -0.4 is 5.32 Å². The Hall–Kier alpha value is -4.11. The quantitative estimate of drug-likeness (QED) is 0.262. The van der Waals surface area contributed by atoms with Crippen molar-refractivity contribution in [2.24, 2.45) is 0 Å². The highest BCUT2D eigenvalue weighted by atomic mass is 32.1. The van der Waals surface area contributed by atoms with E-state index in [2.05, 4.69) is 20.2 Å². The molecule has 9 heteroatoms. The molecule has 33 heavy (non-hydrogen) atoms. The zero-order valence-corrected chi connectivity index (χ0v) is 18.3. The van der Waals surface area contributed by atoms with Gasteiger partial charge in [-0.15, -0.1) is 0 Å². The van der Waals surface area contributed by atoms with Gasteiger partial charge in [-0.2, -0.15) is 0 Å². The van der Waals surface area contributed by atoms with E-state index in [1.807, 2.05) is 65.5 Å². The van der Waals surface area contributed by atoms with Crippen LogP contribution in [0.5, 0.6) is 0 Å². The third-order valence-corrected chi connectivity index (χ3v) is 6.03. The van der Waals surface area contributed by atoms with Crippen LogP contribution in [0.3, 0.4) is 0 Å². The van der Waals surface area contributed by atoms with Gasteiger partial charge < -0.3 is 14.8 Å². The zero-order chi connectivity index (χ0) is 22.8. The van der Waals surface area contributed by atoms with Gasteiger partial charge in [0.2, 0.25) is 0 Å². The lowest BCUT2D eigenvalue weighted by Gasteiger charge is -2.29. The van der Waals surface area contributed by atoms with Gasteiger partial charge in [-0.3, -0.25) is 20.1 Å². The SMILES string of the molecule is O=[N+]([O-])c1cccc(-n2cccc2[C@H]2[C@@H](c3ccccn3)NC(=S)N2Cc2cccnc2)c1. The van der Waals surface area contributed by atoms with E-state index in [0.717, 1.165) is 17.0 Å². The maximum Gasteiger partial charge on any atom is 0.271 e. The minimum absolute atomic E-state index is 0.0423. The number of nitro groups is 1. The summed E-state index contributed by atoms with van der Waals surface area (Å²) >= 11 is 5.75. The van der Waals surface area contributed by atoms with E-state index in [9.17, 15) is 10.1 Å². The monoisotopic (exact) mass is 456 g/mol. The highest BCUT2D eigenvalue weighted by Gasteiger charge is 2.41. The molecular weight excluding hydrogens is 436 g/mol. The van der Waals surface area contributed by atoms with Crippen LogP contribution in [0.25, 0.3) is 5.69 Å². The number of aromatic nitrogens is 3. The minimum Gasteiger partial charge on any atom is -0.352 e. The molecule has 0 saturated carbocycles. The van der Waals surface area contributed by atoms with Gasteiger partial charge in [0.25, 0.3) is 5.69 Å². The van der Waals surface area contributed by atoms with Crippen LogP contribution in [-0.2, 0) is 6.54 Å². The molecule has 0 amide bonds. The number of nitrogens with zero attached hydrogens (tertiary/aromatic N) is 5. The van der Waals surface area contributed by atoms with Gasteiger partial charge in [0.1, 0.15) is 0 Å². The lowest BCUT2D eigenvalue weighted by atomic mass is 10.0. The largest absolute Gasteiger partial charge is 0.352 e. The predicted octanol–water partition coefficient (Wildman–Crippen LogP) is 4.35. The zero-order valence-electron chi connectivity index (χ0n) is 17.5. The van der Waals surface area contributed by atoms with Gasteiger partial charge in [0, 0.05) is 49.2 Å². The molecule has 2 atom stereocenters. The van der Waals surface area contributed by atoms with Crippen molar-refractivity contribution in [3.63, 3.8) is 0 Å². The number of nitrogens with one attached hydrogen (secondary N) is 1. The standard InChI is InChI=1S/C24H20N6O2S/c31-30(32)19-8-3-7-18(14-19)28-13-5-10-21(28)23-22(20-9-1-2-12-26-20)27-24(33)29(23)16-17-6-4-11-25-15-17/h1-15,22-23H,16H2,(H,27,33)/t22-,23+/m1/s1. The third kappa shape index (κ3) is 4.06. The molecule has 164 valence electrons. The molecule has 5 rings (SSSR count). The Morgan fingerprint density at radius 3 is 2.73 bits per heavy atom. The van der Waals surface area contributed by atoms with Crippen molar-refractivity contribution in [2.45, 2.75) is 18.6 Å². The van der Waals surface area contributed by atoms with E-state index in [0.29, 0.717) is 17.3 Å². The molecule has 1 N–H and O–H groups in total. The lowest BCUT2D eigenvalue weighted by molar-refractivity contribution is -0.384. The molecule has 1 saturated heterocycles. The van der Waals surface area contributed by atoms with Crippen LogP contribution in [0.1, 0.15) is 29.0 Å². The molecule has 8 nitrogen and oxygen atoms in total. The van der Waals surface area contributed by atoms with E-state index >= 15 is 0 Å². The van der Waals surface area contributed by atoms with Crippen molar-refractivity contribution in [1.82, 2.24) is 24.8 Å². The maximum atomic E-state index is 11.3. The maximum absolute atomic E-state index is 11.3. The molecule has 0 radical (unpaired) electrons. The van der Waals surface area contributed by atoms with Crippen molar-refractivity contribution in [3.8, 4) is 5.69 Å². The number of hydrogen-bond acceptors (Lipinski definition) is 5. The molecule has 0 spiro atoms. The second-order valence-corrected chi connectivity index (χ2v) is 8.08. The minimum atomic E-state index is -0.385. The van der Waals surface area contributed by atoms with Gasteiger partial charge in [-0.1, -0.05) is 18.2 Å². The molecule has 1 aliphatic rings. The van der Waals surface area contributed by atoms with Crippen LogP contribution in [0.15, 0.2) is 91.5 Å². The summed E-state index contributed by atoms with van der Waals surface area (Å²) in [4.78, 5) is 21.9. The predicted molar refractivity (Wildman–Crippen MR) is 128 cm³/mol. The Morgan fingerprint density at radius 2 is 1.97 bits per heavy atom. The number of thiocarbonyl (C=S) groups is 1. The van der Waals surface area contributed by atoms with E-state index in [4.69, 9.17) is 12.2 Å². The molecule has 1 aliphatic heterocycles. The second kappa shape index (κ2) is 8.79. The fourth-order valence-corrected chi connectivity index (χ4v) is 4.52. The molecule has 1 fully saturated rings. The van der Waals surface area contributed by atoms with Crippen molar-refractivity contribution < 1.29 is 4.92 Å². The highest BCUT2D eigenvalue weighted by Crippen LogP contribution is 2.40. The van der Waals surface area contributed by atoms with E-state index < -0.39 is 0 Å². The average molecular weight is 457 g/mol. The van der Waals surface area contributed by atoms with Crippen LogP contribution in [0, 0.1) is 10.1 Å². The van der Waals surface area contributed by atoms with Crippen molar-refractivity contribution in [2.75, 3.05) is 0 Å². The van der Waals surface area contributed by atoms with Gasteiger partial charge in [-0.25, -0.2) is 0 Å². The molecule has 0 bridgehead atoms. The fourth-order valence-electron chi connectivity index (χ4n) is 4.21. The average Bonchev–Trinajstić information content (AvgIpc) is 3.45. The number of non-ortho nitro benzene ring substituents is 1. The lowest BCUT2D eigenvalue weighted by Crippen LogP contribution is -2.30. The highest BCUT2D eigenvalue weighted by molar-refractivity contribution is 7.80. The number of hydrogen-bond donors (Lipinski definition) is 1. The Kier molecular flexibility index (Phi) is 5.54. The number of benzene rings is 1. The summed E-state index contributed by atoms with van der Waals surface area (Å²) in [6.45, 7) is 0.563. The van der Waals surface area contributed by atoms with Crippen molar-refractivity contribution in [1.29, 1.82) is 0 Å². The molecule has 0 aliphatic carbocycles. The number of pyridine rings is 2. The Morgan fingerprint density at radius 1 is 1.06 bits per heavy atom. The van der Waals surface area contributed by atoms with E-state index in [-0.39, 0.29) is 22.7 Å². The molecule has 0 unspecified atom stereocenters. The smallest absolute Gasteiger partial charge is 0.271 e. The summed E-state index contributed by atoms with van der Waals surface area (Å²) < 4.78 is 1.97. The molecule has 4 heterocycles. The Labute approximate surface area is 195 Å². The summed E-state index contributed by atoms with van der Waals surface area (Å²) in [5, 5.41) is 15.4. The number of nitro benzene ring substituents is 1. The van der Waals surface area contributed by atoms with Crippen LogP contribution in [0.4, 0.5) is 5.69 Å². The van der Waals surface area contributed by atoms with Gasteiger partial charge in [0.05, 0.1) is 28.4 Å². The first-order valence-corrected chi connectivity index (χ1v) is 10.8. The second-order valence-electron chi connectivity index (χ2n) is 7.70. The molecular formula is C24H20N6O2S. The van der Waals surface area contributed by atoms with Gasteiger partial charge >= 0.3 is 0 Å². The molecule has 3 aromatic heterocycles. The van der Waals surface area contributed by atoms with E-state index in [1.54, 1.807) is 24.5 Å². The first-order chi connectivity index (χ1) is 16.1. The topological polar surface area (TPSA) is 89.1 Å². The summed E-state index contributed by atoms with van der Waals surface area (Å²) in [6.07, 6.45) is 7.24. The number of rotatable bonds is 6. The van der Waals surface area contributed by atoms with Crippen molar-refractivity contribution in [3.05, 3.63) is 119 Å². The summed E-state index contributed by atoms with van der Waals surface area (Å²) in [5.74, 6) is 0. The van der Waals surface area contributed by atoms with Gasteiger partial charge in [-0.05, 0) is 54.2 Å². The third-order valence-electron chi connectivity index (χ3n) is 5.68. The first-order valence-electron chi connectivity index (χ1n) is 10.4. The first kappa shape index (κ1) is 20.8. The normalized spacial score (nSPS) is 17.7. The van der Waals surface area contributed by atoms with Crippen molar-refractivity contribution >= 4 is 23.0 Å². The fraction of sp³-hybridized carbons (Fsp3) is 0.125. The summed E-state index contributed by atoms with van der Waals surface area (Å²) in [6, 6.07) is 19.9. The summed E-state index contributed by atoms with van der Waals surface area (Å²) in [7, 11) is 0. The molecule has 1 aromatic carbocycles. The van der Waals surface area contributed by atoms with Crippen LogP contribution >= 0.6 is 12.2 Å². The summed E-state index contributed by atoms with van der Waals surface area (Å²) in [5.41, 5.74) is 3.60. The van der Waals surface area contributed by atoms with Crippen LogP contribution in [-0.4, -0.2) is 29.5 Å². The molecule has 4 aromatic rings. The Bertz CT molecular complexity index is 1290. The Balaban J connectivity index is 1.61. The van der Waals surface area contributed by atoms with Gasteiger partial charge in [0.15, 0.2) is 5.11 Å².